The topological polar surface area (TPSA) is 82.7 Å². The first kappa shape index (κ1) is 17.2. The summed E-state index contributed by atoms with van der Waals surface area (Å²) in [7, 11) is 1.81. The van der Waals surface area contributed by atoms with Gasteiger partial charge in [-0.05, 0) is 26.8 Å². The Bertz CT molecular complexity index is 616. The van der Waals surface area contributed by atoms with Crippen LogP contribution in [0.25, 0.3) is 0 Å². The van der Waals surface area contributed by atoms with Crippen molar-refractivity contribution in [1.82, 2.24) is 19.9 Å². The second-order valence-corrected chi connectivity index (χ2v) is 6.74. The smallest absolute Gasteiger partial charge is 0.352 e. The van der Waals surface area contributed by atoms with Crippen LogP contribution in [0.4, 0.5) is 8.78 Å². The van der Waals surface area contributed by atoms with Gasteiger partial charge in [0.05, 0.1) is 0 Å². The Labute approximate surface area is 138 Å². The number of aryl methyl sites for hydroxylation is 1. The van der Waals surface area contributed by atoms with Gasteiger partial charge in [-0.15, -0.1) is 0 Å². The Morgan fingerprint density at radius 1 is 1.38 bits per heavy atom. The lowest BCUT2D eigenvalue weighted by Gasteiger charge is -2.41. The molecule has 0 spiro atoms. The van der Waals surface area contributed by atoms with E-state index in [9.17, 15) is 18.7 Å². The maximum atomic E-state index is 14.6. The summed E-state index contributed by atoms with van der Waals surface area (Å²) in [6.07, 6.45) is 0.912. The number of hydrogen-bond acceptors (Lipinski definition) is 6. The summed E-state index contributed by atoms with van der Waals surface area (Å²) >= 11 is 0. The van der Waals surface area contributed by atoms with Crippen LogP contribution in [0.5, 0.6) is 0 Å². The Morgan fingerprint density at radius 2 is 2.04 bits per heavy atom. The van der Waals surface area contributed by atoms with E-state index in [1.165, 1.54) is 0 Å². The van der Waals surface area contributed by atoms with Crippen LogP contribution in [0, 0.1) is 6.92 Å². The third-order valence-electron chi connectivity index (χ3n) is 5.05. The molecule has 1 saturated heterocycles. The summed E-state index contributed by atoms with van der Waals surface area (Å²) in [5, 5.41) is 13.9. The number of nitrogens with zero attached hydrogens (tertiary/aromatic N) is 4. The number of halogens is 2. The van der Waals surface area contributed by atoms with Crippen molar-refractivity contribution < 1.29 is 23.2 Å². The molecule has 1 saturated carbocycles. The van der Waals surface area contributed by atoms with Gasteiger partial charge in [-0.3, -0.25) is 9.69 Å². The van der Waals surface area contributed by atoms with Gasteiger partial charge in [-0.25, -0.2) is 0 Å². The highest BCUT2D eigenvalue weighted by molar-refractivity contribution is 5.85. The second-order valence-electron chi connectivity index (χ2n) is 6.74. The molecule has 0 bridgehead atoms. The lowest BCUT2D eigenvalue weighted by molar-refractivity contribution is -0.202. The largest absolute Gasteiger partial charge is 0.383 e. The molecule has 2 heterocycles. The van der Waals surface area contributed by atoms with Crippen LogP contribution in [0.15, 0.2) is 4.52 Å². The van der Waals surface area contributed by atoms with Crippen molar-refractivity contribution in [2.75, 3.05) is 26.7 Å². The maximum absolute atomic E-state index is 14.6. The molecule has 1 aromatic heterocycles. The summed E-state index contributed by atoms with van der Waals surface area (Å²) in [5.41, 5.74) is -2.23. The zero-order valence-electron chi connectivity index (χ0n) is 13.8. The number of likely N-dealkylation sites (N-methyl/N-ethyl adjacent to an activating group) is 1. The highest BCUT2D eigenvalue weighted by atomic mass is 19.3. The van der Waals surface area contributed by atoms with Crippen molar-refractivity contribution in [3.8, 4) is 0 Å². The molecule has 9 heteroatoms. The Morgan fingerprint density at radius 3 is 2.62 bits per heavy atom. The molecule has 1 aliphatic carbocycles. The number of alkyl halides is 2. The summed E-state index contributed by atoms with van der Waals surface area (Å²) in [4.78, 5) is 19.6. The molecule has 7 nitrogen and oxygen atoms in total. The molecule has 0 radical (unpaired) electrons. The van der Waals surface area contributed by atoms with E-state index < -0.39 is 23.5 Å². The SMILES string of the molecule is Cc1noc([C@H]2CN(C(=O)C(F)(F)C3(O)CCCC3)CCN2C)n1. The minimum absolute atomic E-state index is 0.0304. The molecule has 1 aromatic rings. The van der Waals surface area contributed by atoms with E-state index in [4.69, 9.17) is 4.52 Å². The fraction of sp³-hybridized carbons (Fsp3) is 0.800. The van der Waals surface area contributed by atoms with E-state index in [2.05, 4.69) is 10.1 Å². The standard InChI is InChI=1S/C15H22F2N4O3/c1-10-18-12(24-19-10)11-9-21(8-7-20(11)2)13(22)15(16,17)14(23)5-3-4-6-14/h11,23H,3-9H2,1-2H3/t11-/m1/s1. The predicted molar refractivity (Wildman–Crippen MR) is 79.4 cm³/mol. The Balaban J connectivity index is 1.78. The van der Waals surface area contributed by atoms with Crippen LogP contribution in [0.3, 0.4) is 0 Å². The first-order valence-corrected chi connectivity index (χ1v) is 8.14. The fourth-order valence-electron chi connectivity index (χ4n) is 3.44. The van der Waals surface area contributed by atoms with Gasteiger partial charge >= 0.3 is 5.92 Å². The number of aliphatic hydroxyl groups is 1. The highest BCUT2D eigenvalue weighted by Crippen LogP contribution is 2.43. The summed E-state index contributed by atoms with van der Waals surface area (Å²) in [6, 6.07) is -0.432. The number of hydrogen-bond donors (Lipinski definition) is 1. The Kier molecular flexibility index (Phi) is 4.33. The van der Waals surface area contributed by atoms with Gasteiger partial charge in [0.1, 0.15) is 11.6 Å². The van der Waals surface area contributed by atoms with Gasteiger partial charge in [-0.2, -0.15) is 13.8 Å². The van der Waals surface area contributed by atoms with Crippen molar-refractivity contribution in [2.24, 2.45) is 0 Å². The molecule has 2 aliphatic rings. The molecule has 24 heavy (non-hydrogen) atoms. The normalized spacial score (nSPS) is 25.2. The molecule has 1 N–H and O–H groups in total. The molecular weight excluding hydrogens is 322 g/mol. The first-order chi connectivity index (χ1) is 11.2. The molecular formula is C15H22F2N4O3. The Hall–Kier alpha value is -1.61. The average Bonchev–Trinajstić information content (AvgIpc) is 3.17. The van der Waals surface area contributed by atoms with E-state index in [0.29, 0.717) is 31.1 Å². The lowest BCUT2D eigenvalue weighted by Crippen LogP contribution is -2.60. The minimum atomic E-state index is -3.78. The van der Waals surface area contributed by atoms with Crippen LogP contribution in [-0.2, 0) is 4.79 Å². The van der Waals surface area contributed by atoms with Gasteiger partial charge in [0.15, 0.2) is 5.82 Å². The van der Waals surface area contributed by atoms with E-state index in [1.807, 2.05) is 11.9 Å². The van der Waals surface area contributed by atoms with Gasteiger partial charge < -0.3 is 14.5 Å². The van der Waals surface area contributed by atoms with Crippen LogP contribution < -0.4 is 0 Å². The second kappa shape index (κ2) is 6.03. The lowest BCUT2D eigenvalue weighted by atomic mass is 9.92. The molecule has 2 fully saturated rings. The number of piperazine rings is 1. The minimum Gasteiger partial charge on any atom is -0.383 e. The quantitative estimate of drug-likeness (QED) is 0.885. The van der Waals surface area contributed by atoms with Crippen molar-refractivity contribution in [3.05, 3.63) is 11.7 Å². The van der Waals surface area contributed by atoms with E-state index in [-0.39, 0.29) is 25.9 Å². The molecule has 0 aromatic carbocycles. The van der Waals surface area contributed by atoms with Crippen molar-refractivity contribution in [3.63, 3.8) is 0 Å². The van der Waals surface area contributed by atoms with E-state index in [1.54, 1.807) is 6.92 Å². The number of carbonyl (C=O) groups excluding carboxylic acids is 1. The molecule has 134 valence electrons. The van der Waals surface area contributed by atoms with Crippen molar-refractivity contribution >= 4 is 5.91 Å². The van der Waals surface area contributed by atoms with Gasteiger partial charge in [0, 0.05) is 19.6 Å². The van der Waals surface area contributed by atoms with Crippen LogP contribution in [-0.4, -0.2) is 69.2 Å². The van der Waals surface area contributed by atoms with Gasteiger partial charge in [0.2, 0.25) is 5.89 Å². The zero-order chi connectivity index (χ0) is 17.5. The summed E-state index contributed by atoms with van der Waals surface area (Å²) in [5.74, 6) is -4.35. The monoisotopic (exact) mass is 344 g/mol. The molecule has 1 aliphatic heterocycles. The summed E-state index contributed by atoms with van der Waals surface area (Å²) in [6.45, 7) is 2.28. The molecule has 3 rings (SSSR count). The predicted octanol–water partition coefficient (Wildman–Crippen LogP) is 1.13. The highest BCUT2D eigenvalue weighted by Gasteiger charge is 2.60. The van der Waals surface area contributed by atoms with Crippen molar-refractivity contribution in [2.45, 2.75) is 50.2 Å². The average molecular weight is 344 g/mol. The van der Waals surface area contributed by atoms with Crippen LogP contribution >= 0.6 is 0 Å². The van der Waals surface area contributed by atoms with Gasteiger partial charge in [0.25, 0.3) is 5.91 Å². The third kappa shape index (κ3) is 2.79. The maximum Gasteiger partial charge on any atom is 0.352 e. The van der Waals surface area contributed by atoms with Crippen LogP contribution in [0.2, 0.25) is 0 Å². The molecule has 1 amide bonds. The number of rotatable bonds is 3. The van der Waals surface area contributed by atoms with E-state index >= 15 is 0 Å². The van der Waals surface area contributed by atoms with E-state index in [0.717, 1.165) is 4.90 Å². The van der Waals surface area contributed by atoms with Crippen molar-refractivity contribution in [1.29, 1.82) is 0 Å². The fourth-order valence-corrected chi connectivity index (χ4v) is 3.44. The van der Waals surface area contributed by atoms with Gasteiger partial charge in [-0.1, -0.05) is 18.0 Å². The number of carbonyl (C=O) groups is 1. The summed E-state index contributed by atoms with van der Waals surface area (Å²) < 4.78 is 34.4. The zero-order valence-corrected chi connectivity index (χ0v) is 13.8. The van der Waals surface area contributed by atoms with Crippen LogP contribution in [0.1, 0.15) is 43.4 Å². The molecule has 0 unspecified atom stereocenters. The third-order valence-corrected chi connectivity index (χ3v) is 5.05. The molecule has 1 atom stereocenters. The first-order valence-electron chi connectivity index (χ1n) is 8.14. The number of amides is 1. The number of aromatic nitrogens is 2.